The van der Waals surface area contributed by atoms with E-state index in [2.05, 4.69) is 20.9 Å². The van der Waals surface area contributed by atoms with E-state index in [-0.39, 0.29) is 6.10 Å². The van der Waals surface area contributed by atoms with Gasteiger partial charge in [-0.15, -0.1) is 0 Å². The van der Waals surface area contributed by atoms with Crippen molar-refractivity contribution >= 4 is 15.9 Å². The van der Waals surface area contributed by atoms with Crippen LogP contribution in [0.4, 0.5) is 0 Å². The highest BCUT2D eigenvalue weighted by Gasteiger charge is 2.29. The monoisotopic (exact) mass is 273 g/mol. The fraction of sp³-hybridized carbons (Fsp3) is 0.545. The summed E-state index contributed by atoms with van der Waals surface area (Å²) in [6.45, 7) is 3.60. The van der Waals surface area contributed by atoms with Crippen LogP contribution in [-0.4, -0.2) is 28.9 Å². The minimum Gasteiger partial charge on any atom is -0.387 e. The number of hydrogen-bond acceptors (Lipinski definition) is 3. The number of nitrogens with zero attached hydrogens (tertiary/aromatic N) is 1. The van der Waals surface area contributed by atoms with Gasteiger partial charge in [0.1, 0.15) is 0 Å². The van der Waals surface area contributed by atoms with Crippen molar-refractivity contribution in [1.82, 2.24) is 4.98 Å². The second-order valence-corrected chi connectivity index (χ2v) is 4.80. The van der Waals surface area contributed by atoms with Crippen LogP contribution in [0.2, 0.25) is 0 Å². The Morgan fingerprint density at radius 1 is 1.60 bits per heavy atom. The minimum absolute atomic E-state index is 0.219. The summed E-state index contributed by atoms with van der Waals surface area (Å²) in [5.74, 6) is 0. The van der Waals surface area contributed by atoms with Crippen molar-refractivity contribution in [1.29, 1.82) is 0 Å². The molecule has 0 aromatic carbocycles. The summed E-state index contributed by atoms with van der Waals surface area (Å²) in [6.07, 6.45) is 1.99. The van der Waals surface area contributed by atoms with Crippen LogP contribution in [0.5, 0.6) is 0 Å². The third-order valence-electron chi connectivity index (χ3n) is 2.56. The summed E-state index contributed by atoms with van der Waals surface area (Å²) in [6, 6.07) is 3.80. The van der Waals surface area contributed by atoms with Crippen LogP contribution in [-0.2, 0) is 11.2 Å². The average molecular weight is 274 g/mol. The Kier molecular flexibility index (Phi) is 4.25. The van der Waals surface area contributed by atoms with E-state index in [9.17, 15) is 5.11 Å². The first kappa shape index (κ1) is 12.6. The highest BCUT2D eigenvalue weighted by atomic mass is 79.9. The maximum Gasteiger partial charge on any atom is 0.0932 e. The zero-order valence-corrected chi connectivity index (χ0v) is 10.8. The number of pyridine rings is 1. The molecule has 0 spiro atoms. The average Bonchev–Trinajstić information content (AvgIpc) is 2.20. The summed E-state index contributed by atoms with van der Waals surface area (Å²) < 4.78 is 6.06. The molecule has 0 radical (unpaired) electrons. The van der Waals surface area contributed by atoms with Gasteiger partial charge in [0.25, 0.3) is 0 Å². The lowest BCUT2D eigenvalue weighted by atomic mass is 9.94. The van der Waals surface area contributed by atoms with Crippen LogP contribution in [0, 0.1) is 0 Å². The number of hydrogen-bond donors (Lipinski definition) is 1. The van der Waals surface area contributed by atoms with E-state index in [1.54, 1.807) is 20.2 Å². The van der Waals surface area contributed by atoms with Gasteiger partial charge in [-0.2, -0.15) is 0 Å². The molecule has 1 rings (SSSR count). The molecule has 1 N–H and O–H groups in total. The van der Waals surface area contributed by atoms with Crippen LogP contribution in [0.1, 0.15) is 19.5 Å². The van der Waals surface area contributed by atoms with E-state index in [4.69, 9.17) is 4.74 Å². The molecule has 0 bridgehead atoms. The number of aromatic nitrogens is 1. The smallest absolute Gasteiger partial charge is 0.0932 e. The molecule has 0 saturated heterocycles. The van der Waals surface area contributed by atoms with Crippen molar-refractivity contribution < 1.29 is 9.84 Å². The first-order chi connectivity index (χ1) is 6.95. The van der Waals surface area contributed by atoms with Crippen molar-refractivity contribution in [2.45, 2.75) is 32.0 Å². The van der Waals surface area contributed by atoms with Crippen LogP contribution in [0.15, 0.2) is 22.8 Å². The molecule has 0 aliphatic heterocycles. The molecule has 1 heterocycles. The van der Waals surface area contributed by atoms with E-state index in [1.807, 2.05) is 19.1 Å². The van der Waals surface area contributed by atoms with Gasteiger partial charge in [-0.3, -0.25) is 4.98 Å². The van der Waals surface area contributed by atoms with Gasteiger partial charge in [-0.1, -0.05) is 0 Å². The summed E-state index contributed by atoms with van der Waals surface area (Å²) in [5, 5.41) is 10.1. The Bertz CT molecular complexity index is 311. The van der Waals surface area contributed by atoms with E-state index in [0.29, 0.717) is 6.42 Å². The third-order valence-corrected chi connectivity index (χ3v) is 3.03. The van der Waals surface area contributed by atoms with Gasteiger partial charge in [-0.25, -0.2) is 0 Å². The van der Waals surface area contributed by atoms with Gasteiger partial charge in [0.05, 0.1) is 11.7 Å². The quantitative estimate of drug-likeness (QED) is 0.915. The first-order valence-corrected chi connectivity index (χ1v) is 5.60. The largest absolute Gasteiger partial charge is 0.387 e. The fourth-order valence-corrected chi connectivity index (χ4v) is 1.51. The van der Waals surface area contributed by atoms with Gasteiger partial charge in [0, 0.05) is 29.9 Å². The SMILES string of the molecule is COC(C)C(C)(O)Cc1ccc(Br)cn1. The molecule has 0 fully saturated rings. The van der Waals surface area contributed by atoms with Gasteiger partial charge < -0.3 is 9.84 Å². The molecule has 2 atom stereocenters. The molecule has 0 aliphatic carbocycles. The van der Waals surface area contributed by atoms with Crippen molar-refractivity contribution in [2.24, 2.45) is 0 Å². The summed E-state index contributed by atoms with van der Waals surface area (Å²) in [5.41, 5.74) is -0.0395. The lowest BCUT2D eigenvalue weighted by molar-refractivity contribution is -0.0720. The predicted octanol–water partition coefficient (Wildman–Crippen LogP) is 2.17. The molecule has 1 aromatic heterocycles. The van der Waals surface area contributed by atoms with Gasteiger partial charge in [0.2, 0.25) is 0 Å². The molecule has 3 nitrogen and oxygen atoms in total. The summed E-state index contributed by atoms with van der Waals surface area (Å²) >= 11 is 3.32. The van der Waals surface area contributed by atoms with Crippen molar-refractivity contribution in [3.8, 4) is 0 Å². The maximum atomic E-state index is 10.1. The van der Waals surface area contributed by atoms with Crippen molar-refractivity contribution in [3.05, 3.63) is 28.5 Å². The Morgan fingerprint density at radius 2 is 2.27 bits per heavy atom. The van der Waals surface area contributed by atoms with Gasteiger partial charge in [-0.05, 0) is 41.9 Å². The zero-order valence-electron chi connectivity index (χ0n) is 9.20. The number of ether oxygens (including phenoxy) is 1. The summed E-state index contributed by atoms with van der Waals surface area (Å²) in [7, 11) is 1.59. The Labute approximate surface area is 98.6 Å². The van der Waals surface area contributed by atoms with E-state index in [1.165, 1.54) is 0 Å². The number of halogens is 1. The second-order valence-electron chi connectivity index (χ2n) is 3.88. The van der Waals surface area contributed by atoms with Gasteiger partial charge >= 0.3 is 0 Å². The van der Waals surface area contributed by atoms with Crippen LogP contribution < -0.4 is 0 Å². The molecule has 0 saturated carbocycles. The normalized spacial score (nSPS) is 17.1. The minimum atomic E-state index is -0.893. The molecular formula is C11H16BrNO2. The fourth-order valence-electron chi connectivity index (χ4n) is 1.28. The Hall–Kier alpha value is -0.450. The molecule has 0 aliphatic rings. The molecule has 2 unspecified atom stereocenters. The van der Waals surface area contributed by atoms with Crippen molar-refractivity contribution in [2.75, 3.05) is 7.11 Å². The molecule has 15 heavy (non-hydrogen) atoms. The van der Waals surface area contributed by atoms with E-state index in [0.717, 1.165) is 10.2 Å². The maximum absolute atomic E-state index is 10.1. The number of rotatable bonds is 4. The lowest BCUT2D eigenvalue weighted by Gasteiger charge is -2.28. The van der Waals surface area contributed by atoms with Crippen LogP contribution >= 0.6 is 15.9 Å². The molecule has 84 valence electrons. The Morgan fingerprint density at radius 3 is 2.73 bits per heavy atom. The van der Waals surface area contributed by atoms with E-state index < -0.39 is 5.60 Å². The first-order valence-electron chi connectivity index (χ1n) is 4.81. The molecule has 0 amide bonds. The van der Waals surface area contributed by atoms with Crippen LogP contribution in [0.3, 0.4) is 0 Å². The van der Waals surface area contributed by atoms with Crippen LogP contribution in [0.25, 0.3) is 0 Å². The standard InChI is InChI=1S/C11H16BrNO2/c1-8(15-3)11(2,14)6-10-5-4-9(12)7-13-10/h4-5,7-8,14H,6H2,1-3H3. The number of methoxy groups -OCH3 is 1. The third kappa shape index (κ3) is 3.55. The molecule has 1 aromatic rings. The zero-order chi connectivity index (χ0) is 11.5. The molecular weight excluding hydrogens is 258 g/mol. The summed E-state index contributed by atoms with van der Waals surface area (Å²) in [4.78, 5) is 4.22. The lowest BCUT2D eigenvalue weighted by Crippen LogP contribution is -2.40. The highest BCUT2D eigenvalue weighted by molar-refractivity contribution is 9.10. The number of aliphatic hydroxyl groups is 1. The van der Waals surface area contributed by atoms with Gasteiger partial charge in [0.15, 0.2) is 0 Å². The Balaban J connectivity index is 2.72. The topological polar surface area (TPSA) is 42.4 Å². The van der Waals surface area contributed by atoms with Crippen molar-refractivity contribution in [3.63, 3.8) is 0 Å². The van der Waals surface area contributed by atoms with E-state index >= 15 is 0 Å². The second kappa shape index (κ2) is 5.05. The molecule has 4 heteroatoms. The highest BCUT2D eigenvalue weighted by Crippen LogP contribution is 2.18. The predicted molar refractivity (Wildman–Crippen MR) is 62.7 cm³/mol.